The molecular weight excluding hydrogens is 345 g/mol. The second kappa shape index (κ2) is 8.09. The zero-order valence-electron chi connectivity index (χ0n) is 14.0. The van der Waals surface area contributed by atoms with Crippen molar-refractivity contribution in [2.45, 2.75) is 6.54 Å². The number of carbonyl (C=O) groups excluding carboxylic acids is 1. The molecular formula is C17H20FN3O3S. The van der Waals surface area contributed by atoms with Gasteiger partial charge >= 0.3 is 10.2 Å². The van der Waals surface area contributed by atoms with Crippen LogP contribution in [0.1, 0.15) is 5.56 Å². The molecule has 1 amide bonds. The van der Waals surface area contributed by atoms with Crippen molar-refractivity contribution in [1.29, 1.82) is 0 Å². The number of hydrogen-bond acceptors (Lipinski definition) is 3. The first-order valence-electron chi connectivity index (χ1n) is 7.57. The second-order valence-electron chi connectivity index (χ2n) is 5.51. The third-order valence-electron chi connectivity index (χ3n) is 3.48. The molecule has 6 nitrogen and oxygen atoms in total. The SMILES string of the molecule is CN(C)S(=O)(=O)N(CC(=O)NCc1ccccc1)c1ccccc1F. The molecule has 1 N–H and O–H groups in total. The molecule has 0 spiro atoms. The number of para-hydroxylation sites is 1. The van der Waals surface area contributed by atoms with Crippen molar-refractivity contribution in [3.63, 3.8) is 0 Å². The molecule has 2 aromatic rings. The Hall–Kier alpha value is -2.45. The van der Waals surface area contributed by atoms with Gasteiger partial charge in [0, 0.05) is 20.6 Å². The number of halogens is 1. The highest BCUT2D eigenvalue weighted by Gasteiger charge is 2.29. The second-order valence-corrected chi connectivity index (χ2v) is 7.58. The van der Waals surface area contributed by atoms with Crippen LogP contribution in [0.3, 0.4) is 0 Å². The number of nitrogens with zero attached hydrogens (tertiary/aromatic N) is 2. The standard InChI is InChI=1S/C17H20FN3O3S/c1-20(2)25(23,24)21(16-11-7-6-10-15(16)18)13-17(22)19-12-14-8-4-3-5-9-14/h3-11H,12-13H2,1-2H3,(H,19,22). The van der Waals surface area contributed by atoms with Crippen LogP contribution in [-0.4, -0.2) is 39.3 Å². The van der Waals surface area contributed by atoms with Gasteiger partial charge in [0.15, 0.2) is 0 Å². The van der Waals surface area contributed by atoms with Gasteiger partial charge in [0.05, 0.1) is 5.69 Å². The van der Waals surface area contributed by atoms with E-state index in [9.17, 15) is 17.6 Å². The van der Waals surface area contributed by atoms with Gasteiger partial charge in [-0.05, 0) is 17.7 Å². The normalized spacial score (nSPS) is 11.4. The van der Waals surface area contributed by atoms with E-state index in [0.29, 0.717) is 0 Å². The molecule has 0 aliphatic carbocycles. The van der Waals surface area contributed by atoms with Crippen LogP contribution in [0, 0.1) is 5.82 Å². The Morgan fingerprint density at radius 1 is 1.04 bits per heavy atom. The average molecular weight is 365 g/mol. The highest BCUT2D eigenvalue weighted by atomic mass is 32.2. The van der Waals surface area contributed by atoms with Gasteiger partial charge in [0.2, 0.25) is 5.91 Å². The van der Waals surface area contributed by atoms with Crippen molar-refractivity contribution in [3.05, 3.63) is 66.0 Å². The monoisotopic (exact) mass is 365 g/mol. The Balaban J connectivity index is 2.19. The summed E-state index contributed by atoms with van der Waals surface area (Å²) in [6.45, 7) is -0.263. The first-order valence-corrected chi connectivity index (χ1v) is 8.97. The van der Waals surface area contributed by atoms with Crippen molar-refractivity contribution in [3.8, 4) is 0 Å². The molecule has 0 aromatic heterocycles. The van der Waals surface area contributed by atoms with Gasteiger partial charge in [0.25, 0.3) is 0 Å². The Labute approximate surface area is 147 Å². The van der Waals surface area contributed by atoms with Gasteiger partial charge in [-0.25, -0.2) is 8.70 Å². The molecule has 0 aliphatic rings. The van der Waals surface area contributed by atoms with E-state index in [2.05, 4.69) is 5.32 Å². The zero-order chi connectivity index (χ0) is 18.4. The molecule has 2 rings (SSSR count). The minimum absolute atomic E-state index is 0.175. The van der Waals surface area contributed by atoms with Crippen molar-refractivity contribution < 1.29 is 17.6 Å². The summed E-state index contributed by atoms with van der Waals surface area (Å²) in [6, 6.07) is 14.6. The summed E-state index contributed by atoms with van der Waals surface area (Å²) in [7, 11) is -1.38. The number of anilines is 1. The summed E-state index contributed by atoms with van der Waals surface area (Å²) < 4.78 is 40.8. The fraction of sp³-hybridized carbons (Fsp3) is 0.235. The van der Waals surface area contributed by atoms with E-state index in [0.717, 1.165) is 20.2 Å². The molecule has 0 aliphatic heterocycles. The Morgan fingerprint density at radius 2 is 1.64 bits per heavy atom. The third kappa shape index (κ3) is 4.77. The quantitative estimate of drug-likeness (QED) is 0.813. The largest absolute Gasteiger partial charge is 0.350 e. The first kappa shape index (κ1) is 18.9. The van der Waals surface area contributed by atoms with Crippen LogP contribution in [0.5, 0.6) is 0 Å². The molecule has 0 heterocycles. The van der Waals surface area contributed by atoms with Crippen LogP contribution in [0.2, 0.25) is 0 Å². The van der Waals surface area contributed by atoms with E-state index in [1.54, 1.807) is 0 Å². The van der Waals surface area contributed by atoms with Gasteiger partial charge in [-0.15, -0.1) is 0 Å². The number of rotatable bonds is 7. The predicted molar refractivity (Wildman–Crippen MR) is 94.6 cm³/mol. The lowest BCUT2D eigenvalue weighted by molar-refractivity contribution is -0.119. The first-order chi connectivity index (χ1) is 11.8. The lowest BCUT2D eigenvalue weighted by atomic mass is 10.2. The molecule has 0 fully saturated rings. The van der Waals surface area contributed by atoms with Crippen LogP contribution < -0.4 is 9.62 Å². The van der Waals surface area contributed by atoms with Crippen LogP contribution in [0.15, 0.2) is 54.6 Å². The lowest BCUT2D eigenvalue weighted by Crippen LogP contribution is -2.46. The molecule has 134 valence electrons. The predicted octanol–water partition coefficient (Wildman–Crippen LogP) is 1.75. The maximum atomic E-state index is 14.1. The van der Waals surface area contributed by atoms with Gasteiger partial charge in [-0.3, -0.25) is 4.79 Å². The molecule has 0 bridgehead atoms. The maximum absolute atomic E-state index is 14.1. The van der Waals surface area contributed by atoms with Crippen LogP contribution in [0.4, 0.5) is 10.1 Å². The van der Waals surface area contributed by atoms with Crippen molar-refractivity contribution in [2.24, 2.45) is 0 Å². The van der Waals surface area contributed by atoms with E-state index < -0.39 is 28.5 Å². The maximum Gasteiger partial charge on any atom is 0.304 e. The van der Waals surface area contributed by atoms with Crippen molar-refractivity contribution in [1.82, 2.24) is 9.62 Å². The molecule has 0 unspecified atom stereocenters. The van der Waals surface area contributed by atoms with Gasteiger partial charge in [0.1, 0.15) is 12.4 Å². The Morgan fingerprint density at radius 3 is 2.24 bits per heavy atom. The fourth-order valence-corrected chi connectivity index (χ4v) is 3.20. The Bertz CT molecular complexity index is 826. The van der Waals surface area contributed by atoms with Gasteiger partial charge < -0.3 is 5.32 Å². The highest BCUT2D eigenvalue weighted by molar-refractivity contribution is 7.90. The fourth-order valence-electron chi connectivity index (χ4n) is 2.12. The van der Waals surface area contributed by atoms with Crippen molar-refractivity contribution >= 4 is 21.8 Å². The van der Waals surface area contributed by atoms with Gasteiger partial charge in [-0.2, -0.15) is 12.7 Å². The number of hydrogen-bond donors (Lipinski definition) is 1. The van der Waals surface area contributed by atoms with Crippen LogP contribution in [-0.2, 0) is 21.5 Å². The topological polar surface area (TPSA) is 69.7 Å². The number of carbonyl (C=O) groups is 1. The number of amides is 1. The zero-order valence-corrected chi connectivity index (χ0v) is 14.8. The molecule has 0 radical (unpaired) electrons. The summed E-state index contributed by atoms with van der Waals surface area (Å²) in [4.78, 5) is 12.2. The van der Waals surface area contributed by atoms with E-state index in [4.69, 9.17) is 0 Å². The summed E-state index contributed by atoms with van der Waals surface area (Å²) >= 11 is 0. The smallest absolute Gasteiger partial charge is 0.304 e. The van der Waals surface area contributed by atoms with E-state index in [1.807, 2.05) is 30.3 Å². The average Bonchev–Trinajstić information content (AvgIpc) is 2.59. The summed E-state index contributed by atoms with van der Waals surface area (Å²) in [5, 5.41) is 2.64. The molecule has 0 saturated heterocycles. The van der Waals surface area contributed by atoms with Crippen LogP contribution >= 0.6 is 0 Å². The lowest BCUT2D eigenvalue weighted by Gasteiger charge is -2.27. The minimum atomic E-state index is -4.03. The summed E-state index contributed by atoms with van der Waals surface area (Å²) in [5.41, 5.74) is 0.704. The van der Waals surface area contributed by atoms with E-state index in [1.165, 1.54) is 32.3 Å². The number of nitrogens with one attached hydrogen (secondary N) is 1. The highest BCUT2D eigenvalue weighted by Crippen LogP contribution is 2.22. The van der Waals surface area contributed by atoms with Gasteiger partial charge in [-0.1, -0.05) is 42.5 Å². The molecule has 25 heavy (non-hydrogen) atoms. The molecule has 2 aromatic carbocycles. The molecule has 0 saturated carbocycles. The summed E-state index contributed by atoms with van der Waals surface area (Å²) in [5.74, 6) is -1.25. The van der Waals surface area contributed by atoms with E-state index >= 15 is 0 Å². The van der Waals surface area contributed by atoms with Crippen molar-refractivity contribution in [2.75, 3.05) is 24.9 Å². The molecule has 8 heteroatoms. The Kier molecular flexibility index (Phi) is 6.11. The minimum Gasteiger partial charge on any atom is -0.350 e. The third-order valence-corrected chi connectivity index (χ3v) is 5.29. The summed E-state index contributed by atoms with van der Waals surface area (Å²) in [6.07, 6.45) is 0. The number of benzene rings is 2. The molecule has 0 atom stereocenters. The van der Waals surface area contributed by atoms with E-state index in [-0.39, 0.29) is 12.2 Å². The van der Waals surface area contributed by atoms with Crippen LogP contribution in [0.25, 0.3) is 0 Å².